The van der Waals surface area contributed by atoms with E-state index >= 15 is 0 Å². The summed E-state index contributed by atoms with van der Waals surface area (Å²) in [5.41, 5.74) is 0.649. The van der Waals surface area contributed by atoms with Crippen molar-refractivity contribution >= 4 is 28.9 Å². The first kappa shape index (κ1) is 14.3. The van der Waals surface area contributed by atoms with Crippen molar-refractivity contribution in [2.24, 2.45) is 0 Å². The first-order valence-electron chi connectivity index (χ1n) is 6.13. The number of hydrogen-bond acceptors (Lipinski definition) is 6. The first-order valence-corrected chi connectivity index (χ1v) is 7.13. The highest BCUT2D eigenvalue weighted by Crippen LogP contribution is 2.28. The van der Waals surface area contributed by atoms with Gasteiger partial charge in [-0.05, 0) is 18.2 Å². The van der Waals surface area contributed by atoms with Gasteiger partial charge in [0.1, 0.15) is 11.4 Å². The minimum atomic E-state index is -3.00. The zero-order valence-corrected chi connectivity index (χ0v) is 11.7. The molecule has 2 aromatic rings. The van der Waals surface area contributed by atoms with Crippen LogP contribution in [0.25, 0.3) is 0 Å². The number of carbonyl (C=O) groups is 3. The number of benzene rings is 2. The van der Waals surface area contributed by atoms with Crippen LogP contribution in [0.2, 0.25) is 0 Å². The second-order valence-electron chi connectivity index (χ2n) is 4.54. The van der Waals surface area contributed by atoms with Gasteiger partial charge < -0.3 is 8.74 Å². The average molecular weight is 315 g/mol. The van der Waals surface area contributed by atoms with Gasteiger partial charge in [-0.25, -0.2) is 9.00 Å². The van der Waals surface area contributed by atoms with Crippen LogP contribution in [-0.4, -0.2) is 26.3 Å². The third-order valence-electron chi connectivity index (χ3n) is 3.30. The summed E-state index contributed by atoms with van der Waals surface area (Å²) in [6.07, 6.45) is 0. The van der Waals surface area contributed by atoms with Crippen LogP contribution in [0.15, 0.2) is 42.5 Å². The van der Waals surface area contributed by atoms with Crippen LogP contribution < -0.4 is 0 Å². The zero-order chi connectivity index (χ0) is 15.9. The zero-order valence-electron chi connectivity index (χ0n) is 10.9. The molecule has 2 aromatic carbocycles. The van der Waals surface area contributed by atoms with Crippen LogP contribution in [0.4, 0.5) is 0 Å². The summed E-state index contributed by atoms with van der Waals surface area (Å²) in [6.45, 7) is 0. The average Bonchev–Trinajstić information content (AvgIpc) is 2.51. The molecule has 0 amide bonds. The minimum Gasteiger partial charge on any atom is -0.740 e. The highest BCUT2D eigenvalue weighted by molar-refractivity contribution is 7.74. The minimum absolute atomic E-state index is 0.0508. The molecule has 1 atom stereocenters. The summed E-state index contributed by atoms with van der Waals surface area (Å²) in [5.74, 6) is -1.84. The smallest absolute Gasteiger partial charge is 0.351 e. The van der Waals surface area contributed by atoms with Crippen LogP contribution in [-0.2, 0) is 15.5 Å². The Morgan fingerprint density at radius 2 is 1.45 bits per heavy atom. The van der Waals surface area contributed by atoms with Gasteiger partial charge in [0.25, 0.3) is 0 Å². The Morgan fingerprint density at radius 1 is 0.909 bits per heavy atom. The van der Waals surface area contributed by atoms with E-state index in [9.17, 15) is 23.1 Å². The molecule has 7 heteroatoms. The van der Waals surface area contributed by atoms with E-state index in [-0.39, 0.29) is 28.0 Å². The number of hydrogen-bond donors (Lipinski definition) is 0. The fraction of sp³-hybridized carbons (Fsp3) is 0. The van der Waals surface area contributed by atoms with Crippen LogP contribution in [0.5, 0.6) is 0 Å². The number of rotatable bonds is 2. The van der Waals surface area contributed by atoms with Crippen LogP contribution in [0.1, 0.15) is 42.2 Å². The fourth-order valence-electron chi connectivity index (χ4n) is 2.34. The van der Waals surface area contributed by atoms with Crippen molar-refractivity contribution in [2.75, 3.05) is 0 Å². The van der Waals surface area contributed by atoms with Gasteiger partial charge in [-0.15, -0.1) is 0 Å². The Labute approximate surface area is 127 Å². The second kappa shape index (κ2) is 5.28. The van der Waals surface area contributed by atoms with E-state index in [2.05, 4.69) is 4.18 Å². The van der Waals surface area contributed by atoms with Gasteiger partial charge in [0.2, 0.25) is 0 Å². The van der Waals surface area contributed by atoms with Gasteiger partial charge in [0.05, 0.1) is 5.56 Å². The van der Waals surface area contributed by atoms with Crippen molar-refractivity contribution in [2.45, 2.75) is 0 Å². The van der Waals surface area contributed by atoms with E-state index in [1.807, 2.05) is 0 Å². The van der Waals surface area contributed by atoms with E-state index in [4.69, 9.17) is 0 Å². The van der Waals surface area contributed by atoms with Gasteiger partial charge in [-0.1, -0.05) is 24.3 Å². The van der Waals surface area contributed by atoms with Crippen molar-refractivity contribution in [3.63, 3.8) is 0 Å². The molecule has 0 spiro atoms. The van der Waals surface area contributed by atoms with Gasteiger partial charge in [-0.3, -0.25) is 9.59 Å². The Hall–Kier alpha value is -2.64. The van der Waals surface area contributed by atoms with E-state index in [0.29, 0.717) is 5.56 Å². The standard InChI is InChI=1S/C15H8O6S/c16-13-9-3-1-2-4-10(9)14(17)12-7-8(5-6-11(12)13)15(18)21-22(19)20/h1-7H,(H,19,20)/p-1. The SMILES string of the molecule is O=C(OS(=O)[O-])c1ccc2c(c1)C(=O)c1ccccc1C2=O. The van der Waals surface area contributed by atoms with Gasteiger partial charge in [0.15, 0.2) is 11.6 Å². The molecule has 0 aliphatic heterocycles. The molecule has 0 saturated heterocycles. The molecule has 6 nitrogen and oxygen atoms in total. The molecule has 1 aliphatic carbocycles. The molecule has 1 aliphatic rings. The lowest BCUT2D eigenvalue weighted by Crippen LogP contribution is -2.21. The topological polar surface area (TPSA) is 101 Å². The number of ketones is 2. The lowest BCUT2D eigenvalue weighted by Gasteiger charge is -2.17. The Kier molecular flexibility index (Phi) is 3.44. The fourth-order valence-corrected chi connectivity index (χ4v) is 2.56. The third kappa shape index (κ3) is 2.26. The van der Waals surface area contributed by atoms with Crippen LogP contribution in [0, 0.1) is 0 Å². The quantitative estimate of drug-likeness (QED) is 0.663. The maximum atomic E-state index is 12.4. The summed E-state index contributed by atoms with van der Waals surface area (Å²) >= 11 is -3.00. The molecule has 1 unspecified atom stereocenters. The molecule has 110 valence electrons. The molecule has 0 N–H and O–H groups in total. The summed E-state index contributed by atoms with van der Waals surface area (Å²) in [4.78, 5) is 36.3. The second-order valence-corrected chi connectivity index (χ2v) is 5.11. The molecular weight excluding hydrogens is 308 g/mol. The summed E-state index contributed by atoms with van der Waals surface area (Å²) < 4.78 is 24.8. The largest absolute Gasteiger partial charge is 0.740 e. The van der Waals surface area contributed by atoms with Gasteiger partial charge in [-0.2, -0.15) is 0 Å². The predicted molar refractivity (Wildman–Crippen MR) is 74.1 cm³/mol. The monoisotopic (exact) mass is 315 g/mol. The Balaban J connectivity index is 2.10. The Morgan fingerprint density at radius 3 is 2.05 bits per heavy atom. The molecule has 0 saturated carbocycles. The molecule has 0 radical (unpaired) electrons. The van der Waals surface area contributed by atoms with Crippen molar-refractivity contribution in [3.05, 3.63) is 70.3 Å². The summed E-state index contributed by atoms with van der Waals surface area (Å²) in [5, 5.41) is 0. The predicted octanol–water partition coefficient (Wildman–Crippen LogP) is 1.41. The maximum absolute atomic E-state index is 12.4. The molecular formula is C15H7O6S-. The van der Waals surface area contributed by atoms with Crippen LogP contribution in [0.3, 0.4) is 0 Å². The first-order chi connectivity index (χ1) is 10.5. The van der Waals surface area contributed by atoms with E-state index in [1.54, 1.807) is 18.2 Å². The molecule has 0 fully saturated rings. The number of carbonyl (C=O) groups excluding carboxylic acids is 3. The van der Waals surface area contributed by atoms with Gasteiger partial charge >= 0.3 is 5.97 Å². The highest BCUT2D eigenvalue weighted by Gasteiger charge is 2.30. The Bertz CT molecular complexity index is 855. The molecule has 22 heavy (non-hydrogen) atoms. The lowest BCUT2D eigenvalue weighted by atomic mass is 9.83. The lowest BCUT2D eigenvalue weighted by molar-refractivity contribution is 0.0741. The van der Waals surface area contributed by atoms with Crippen molar-refractivity contribution < 1.29 is 27.3 Å². The molecule has 0 bridgehead atoms. The van der Waals surface area contributed by atoms with Gasteiger partial charge in [0, 0.05) is 22.3 Å². The summed E-state index contributed by atoms with van der Waals surface area (Å²) in [6, 6.07) is 10.1. The van der Waals surface area contributed by atoms with Crippen molar-refractivity contribution in [3.8, 4) is 0 Å². The van der Waals surface area contributed by atoms with E-state index < -0.39 is 23.1 Å². The van der Waals surface area contributed by atoms with Crippen LogP contribution >= 0.6 is 0 Å². The molecule has 0 heterocycles. The molecule has 3 rings (SSSR count). The molecule has 0 aromatic heterocycles. The van der Waals surface area contributed by atoms with E-state index in [1.165, 1.54) is 24.3 Å². The highest BCUT2D eigenvalue weighted by atomic mass is 32.2. The third-order valence-corrected chi connectivity index (χ3v) is 3.59. The number of fused-ring (bicyclic) bond motifs is 2. The van der Waals surface area contributed by atoms with Crippen molar-refractivity contribution in [1.29, 1.82) is 0 Å². The van der Waals surface area contributed by atoms with Crippen molar-refractivity contribution in [1.82, 2.24) is 0 Å². The van der Waals surface area contributed by atoms with E-state index in [0.717, 1.165) is 0 Å². The summed E-state index contributed by atoms with van der Waals surface area (Å²) in [7, 11) is 0. The normalized spacial score (nSPS) is 14.0. The maximum Gasteiger partial charge on any atom is 0.351 e.